The van der Waals surface area contributed by atoms with Crippen LogP contribution < -0.4 is 0 Å². The molecule has 0 N–H and O–H groups in total. The van der Waals surface area contributed by atoms with Crippen LogP contribution in [0.25, 0.3) is 88.9 Å². The quantitative estimate of drug-likeness (QED) is 0.143. The minimum Gasteiger partial charge on any atom is -0.256 e. The van der Waals surface area contributed by atoms with E-state index in [2.05, 4.69) is 101 Å². The smallest absolute Gasteiger partial charge is 0.0979 e. The van der Waals surface area contributed by atoms with Crippen molar-refractivity contribution in [1.82, 2.24) is 24.9 Å². The molecule has 0 bridgehead atoms. The van der Waals surface area contributed by atoms with Gasteiger partial charge in [0.2, 0.25) is 0 Å². The highest BCUT2D eigenvalue weighted by molar-refractivity contribution is 6.15. The Bertz CT molecular complexity index is 2530. The lowest BCUT2D eigenvalue weighted by Gasteiger charge is -2.13. The summed E-state index contributed by atoms with van der Waals surface area (Å²) in [5, 5.41) is 3.16. The van der Waals surface area contributed by atoms with Gasteiger partial charge < -0.3 is 0 Å². The standard InChI is InChI=1S/C43H27N5/c1-2-12-39-34(9-1)41(40-13-5-8-24-46-40)35-20-18-30-19-21-38(47-42(30)43(35)48-39)29-16-14-28(15-17-29)31-25-32(36-10-3-6-22-44-36)27-33(26-31)37-11-4-7-23-45-37/h1-27H. The molecule has 5 nitrogen and oxygen atoms in total. The van der Waals surface area contributed by atoms with Gasteiger partial charge in [-0.15, -0.1) is 0 Å². The maximum absolute atomic E-state index is 5.23. The largest absolute Gasteiger partial charge is 0.256 e. The summed E-state index contributed by atoms with van der Waals surface area (Å²) in [4.78, 5) is 24.3. The van der Waals surface area contributed by atoms with Crippen molar-refractivity contribution in [2.75, 3.05) is 0 Å². The highest BCUT2D eigenvalue weighted by atomic mass is 14.8. The summed E-state index contributed by atoms with van der Waals surface area (Å²) in [5.74, 6) is 0. The van der Waals surface area contributed by atoms with E-state index >= 15 is 0 Å². The van der Waals surface area contributed by atoms with Crippen LogP contribution in [-0.2, 0) is 0 Å². The average Bonchev–Trinajstić information content (AvgIpc) is 3.17. The summed E-state index contributed by atoms with van der Waals surface area (Å²) in [5.41, 5.74) is 12.7. The van der Waals surface area contributed by atoms with Crippen LogP contribution in [-0.4, -0.2) is 24.9 Å². The molecule has 9 rings (SSSR count). The highest BCUT2D eigenvalue weighted by Gasteiger charge is 2.16. The lowest BCUT2D eigenvalue weighted by atomic mass is 9.95. The van der Waals surface area contributed by atoms with Crippen LogP contribution in [0, 0.1) is 0 Å². The van der Waals surface area contributed by atoms with Crippen LogP contribution in [0.15, 0.2) is 164 Å². The average molecular weight is 614 g/mol. The molecule has 0 aliphatic rings. The lowest BCUT2D eigenvalue weighted by Crippen LogP contribution is -1.94. The van der Waals surface area contributed by atoms with E-state index in [0.717, 1.165) is 88.9 Å². The predicted molar refractivity (Wildman–Crippen MR) is 195 cm³/mol. The van der Waals surface area contributed by atoms with Crippen LogP contribution >= 0.6 is 0 Å². The minimum absolute atomic E-state index is 0.874. The summed E-state index contributed by atoms with van der Waals surface area (Å²) in [6.07, 6.45) is 5.49. The molecule has 48 heavy (non-hydrogen) atoms. The van der Waals surface area contributed by atoms with E-state index in [1.165, 1.54) is 0 Å². The van der Waals surface area contributed by atoms with Gasteiger partial charge >= 0.3 is 0 Å². The van der Waals surface area contributed by atoms with E-state index in [1.54, 1.807) is 0 Å². The van der Waals surface area contributed by atoms with E-state index in [4.69, 9.17) is 15.0 Å². The monoisotopic (exact) mass is 613 g/mol. The van der Waals surface area contributed by atoms with E-state index in [9.17, 15) is 0 Å². The molecule has 0 spiro atoms. The van der Waals surface area contributed by atoms with E-state index < -0.39 is 0 Å². The summed E-state index contributed by atoms with van der Waals surface area (Å²) in [6.45, 7) is 0. The van der Waals surface area contributed by atoms with Crippen LogP contribution in [0.1, 0.15) is 0 Å². The molecular formula is C43H27N5. The van der Waals surface area contributed by atoms with Crippen molar-refractivity contribution in [3.8, 4) is 56.2 Å². The molecule has 0 aliphatic carbocycles. The topological polar surface area (TPSA) is 64.5 Å². The minimum atomic E-state index is 0.874. The first-order valence-corrected chi connectivity index (χ1v) is 15.9. The summed E-state index contributed by atoms with van der Waals surface area (Å²) < 4.78 is 0. The Kier molecular flexibility index (Phi) is 6.72. The fourth-order valence-electron chi connectivity index (χ4n) is 6.47. The third-order valence-electron chi connectivity index (χ3n) is 8.80. The second-order valence-electron chi connectivity index (χ2n) is 11.8. The van der Waals surface area contributed by atoms with Crippen molar-refractivity contribution in [3.05, 3.63) is 164 Å². The number of para-hydroxylation sites is 1. The first-order valence-electron chi connectivity index (χ1n) is 15.9. The molecule has 5 heterocycles. The number of benzene rings is 4. The van der Waals surface area contributed by atoms with Crippen molar-refractivity contribution in [2.24, 2.45) is 0 Å². The molecule has 0 atom stereocenters. The second kappa shape index (κ2) is 11.6. The maximum Gasteiger partial charge on any atom is 0.0979 e. The summed E-state index contributed by atoms with van der Waals surface area (Å²) >= 11 is 0. The van der Waals surface area contributed by atoms with Gasteiger partial charge in [0.25, 0.3) is 0 Å². The molecule has 5 heteroatoms. The Morgan fingerprint density at radius 1 is 0.333 bits per heavy atom. The Hall–Kier alpha value is -6.59. The number of hydrogen-bond acceptors (Lipinski definition) is 5. The molecule has 0 aliphatic heterocycles. The summed E-state index contributed by atoms with van der Waals surface area (Å²) in [6, 6.07) is 49.9. The van der Waals surface area contributed by atoms with E-state index in [0.29, 0.717) is 0 Å². The van der Waals surface area contributed by atoms with Crippen molar-refractivity contribution in [2.45, 2.75) is 0 Å². The van der Waals surface area contributed by atoms with Gasteiger partial charge in [0.1, 0.15) is 0 Å². The Morgan fingerprint density at radius 2 is 0.917 bits per heavy atom. The van der Waals surface area contributed by atoms with Crippen LogP contribution in [0.2, 0.25) is 0 Å². The molecule has 0 unspecified atom stereocenters. The van der Waals surface area contributed by atoms with Gasteiger partial charge in [-0.3, -0.25) is 15.0 Å². The first-order chi connectivity index (χ1) is 23.8. The molecule has 0 fully saturated rings. The van der Waals surface area contributed by atoms with Crippen molar-refractivity contribution in [1.29, 1.82) is 0 Å². The van der Waals surface area contributed by atoms with Gasteiger partial charge in [0.05, 0.1) is 39.3 Å². The zero-order valence-electron chi connectivity index (χ0n) is 25.8. The molecule has 0 amide bonds. The van der Waals surface area contributed by atoms with Gasteiger partial charge in [-0.2, -0.15) is 0 Å². The van der Waals surface area contributed by atoms with Gasteiger partial charge in [-0.05, 0) is 77.9 Å². The first kappa shape index (κ1) is 27.7. The van der Waals surface area contributed by atoms with E-state index in [1.807, 2.05) is 73.2 Å². The fraction of sp³-hybridized carbons (Fsp3) is 0. The number of rotatable bonds is 5. The van der Waals surface area contributed by atoms with Gasteiger partial charge in [-0.25, -0.2) is 9.97 Å². The highest BCUT2D eigenvalue weighted by Crippen LogP contribution is 2.37. The fourth-order valence-corrected chi connectivity index (χ4v) is 6.47. The Morgan fingerprint density at radius 3 is 1.58 bits per heavy atom. The van der Waals surface area contributed by atoms with Crippen molar-refractivity contribution in [3.63, 3.8) is 0 Å². The molecule has 0 saturated heterocycles. The molecule has 0 saturated carbocycles. The molecular weight excluding hydrogens is 587 g/mol. The van der Waals surface area contributed by atoms with Crippen molar-refractivity contribution >= 4 is 32.7 Å². The van der Waals surface area contributed by atoms with Gasteiger partial charge in [0.15, 0.2) is 0 Å². The number of hydrogen-bond donors (Lipinski definition) is 0. The van der Waals surface area contributed by atoms with Gasteiger partial charge in [-0.1, -0.05) is 78.9 Å². The molecule has 9 aromatic rings. The van der Waals surface area contributed by atoms with E-state index in [-0.39, 0.29) is 0 Å². The summed E-state index contributed by atoms with van der Waals surface area (Å²) in [7, 11) is 0. The number of pyridine rings is 5. The van der Waals surface area contributed by atoms with Crippen LogP contribution in [0.3, 0.4) is 0 Å². The lowest BCUT2D eigenvalue weighted by molar-refractivity contribution is 1.31. The third kappa shape index (κ3) is 4.95. The zero-order valence-corrected chi connectivity index (χ0v) is 25.8. The van der Waals surface area contributed by atoms with Crippen molar-refractivity contribution < 1.29 is 0 Å². The molecule has 5 aromatic heterocycles. The third-order valence-corrected chi connectivity index (χ3v) is 8.80. The molecule has 4 aromatic carbocycles. The SMILES string of the molecule is c1ccc(-c2cc(-c3ccc(-c4ccc5ccc6c(-c7ccccn7)c7ccccc7nc6c5n4)cc3)cc(-c3ccccn3)c2)nc1. The second-order valence-corrected chi connectivity index (χ2v) is 11.8. The predicted octanol–water partition coefficient (Wildman–Crippen LogP) is 10.5. The zero-order chi connectivity index (χ0) is 31.9. The molecule has 224 valence electrons. The normalized spacial score (nSPS) is 11.3. The Labute approximate surface area is 277 Å². The number of nitrogens with zero attached hydrogens (tertiary/aromatic N) is 5. The molecule has 0 radical (unpaired) electrons. The van der Waals surface area contributed by atoms with Gasteiger partial charge in [0, 0.05) is 57.0 Å². The number of aromatic nitrogens is 5. The Balaban J connectivity index is 1.16. The maximum atomic E-state index is 5.23. The van der Waals surface area contributed by atoms with Crippen LogP contribution in [0.4, 0.5) is 0 Å². The van der Waals surface area contributed by atoms with Crippen LogP contribution in [0.5, 0.6) is 0 Å². The number of fused-ring (bicyclic) bond motifs is 4.